The van der Waals surface area contributed by atoms with Crippen LogP contribution in [0.3, 0.4) is 0 Å². The molecule has 5 heteroatoms. The second-order valence-electron chi connectivity index (χ2n) is 3.87. The van der Waals surface area contributed by atoms with Crippen LogP contribution in [-0.2, 0) is 6.54 Å². The van der Waals surface area contributed by atoms with E-state index in [-0.39, 0.29) is 0 Å². The fourth-order valence-electron chi connectivity index (χ4n) is 1.16. The third-order valence-corrected chi connectivity index (χ3v) is 1.93. The van der Waals surface area contributed by atoms with E-state index < -0.39 is 0 Å². The van der Waals surface area contributed by atoms with Crippen LogP contribution in [0.1, 0.15) is 12.5 Å². The predicted molar refractivity (Wildman–Crippen MR) is 66.3 cm³/mol. The van der Waals surface area contributed by atoms with Crippen LogP contribution in [0.5, 0.6) is 0 Å². The second-order valence-corrected chi connectivity index (χ2v) is 3.87. The van der Waals surface area contributed by atoms with Crippen LogP contribution in [0.4, 0.5) is 0 Å². The monoisotopic (exact) mass is 221 g/mol. The van der Waals surface area contributed by atoms with E-state index in [4.69, 9.17) is 5.73 Å². The summed E-state index contributed by atoms with van der Waals surface area (Å²) >= 11 is 0. The third-order valence-electron chi connectivity index (χ3n) is 1.93. The summed E-state index contributed by atoms with van der Waals surface area (Å²) in [7, 11) is 0. The molecule has 0 aliphatic rings. The number of nitrogens with two attached hydrogens (primary N) is 1. The molecule has 0 saturated carbocycles. The molecule has 3 N–H and O–H groups in total. The fraction of sp³-hybridized carbons (Fsp3) is 0.455. The number of hydrogen-bond acceptors (Lipinski definition) is 2. The molecule has 0 saturated heterocycles. The smallest absolute Gasteiger partial charge is 0.188 e. The highest BCUT2D eigenvalue weighted by atomic mass is 15.3. The summed E-state index contributed by atoms with van der Waals surface area (Å²) in [6.07, 6.45) is 3.82. The van der Waals surface area contributed by atoms with Gasteiger partial charge in [0.1, 0.15) is 0 Å². The van der Waals surface area contributed by atoms with Gasteiger partial charge in [-0.1, -0.05) is 12.2 Å². The maximum Gasteiger partial charge on any atom is 0.188 e. The normalized spacial score (nSPS) is 11.5. The van der Waals surface area contributed by atoms with Gasteiger partial charge in [-0.2, -0.15) is 5.10 Å². The Labute approximate surface area is 96.1 Å². The summed E-state index contributed by atoms with van der Waals surface area (Å²) in [6.45, 7) is 9.75. The molecule has 0 fully saturated rings. The maximum atomic E-state index is 5.66. The van der Waals surface area contributed by atoms with Crippen molar-refractivity contribution in [3.8, 4) is 0 Å². The number of aliphatic imine (C=N–C) groups is 1. The minimum Gasteiger partial charge on any atom is -0.370 e. The highest BCUT2D eigenvalue weighted by molar-refractivity contribution is 5.77. The largest absolute Gasteiger partial charge is 0.370 e. The first kappa shape index (κ1) is 12.3. The highest BCUT2D eigenvalue weighted by Crippen LogP contribution is 1.92. The van der Waals surface area contributed by atoms with Crippen molar-refractivity contribution in [2.24, 2.45) is 10.7 Å². The topological polar surface area (TPSA) is 68.2 Å². The van der Waals surface area contributed by atoms with E-state index in [0.29, 0.717) is 19.0 Å². The Balaban J connectivity index is 2.25. The molecular formula is C11H19N5. The van der Waals surface area contributed by atoms with Crippen molar-refractivity contribution in [3.05, 3.63) is 30.1 Å². The number of hydrogen-bond donors (Lipinski definition) is 2. The second kappa shape index (κ2) is 5.95. The zero-order valence-corrected chi connectivity index (χ0v) is 9.90. The lowest BCUT2D eigenvalue weighted by molar-refractivity contribution is 0.601. The molecule has 0 bridgehead atoms. The lowest BCUT2D eigenvalue weighted by atomic mass is 10.4. The van der Waals surface area contributed by atoms with Crippen LogP contribution >= 0.6 is 0 Å². The third kappa shape index (κ3) is 4.63. The van der Waals surface area contributed by atoms with Gasteiger partial charge in [-0.15, -0.1) is 0 Å². The van der Waals surface area contributed by atoms with Crippen molar-refractivity contribution in [1.82, 2.24) is 15.1 Å². The van der Waals surface area contributed by atoms with Gasteiger partial charge in [0.15, 0.2) is 5.96 Å². The Kier molecular flexibility index (Phi) is 4.57. The molecule has 0 aliphatic heterocycles. The van der Waals surface area contributed by atoms with Gasteiger partial charge in [0, 0.05) is 12.7 Å². The van der Waals surface area contributed by atoms with E-state index in [1.807, 2.05) is 30.9 Å². The first-order valence-corrected chi connectivity index (χ1v) is 5.25. The van der Waals surface area contributed by atoms with E-state index in [2.05, 4.69) is 22.0 Å². The van der Waals surface area contributed by atoms with Crippen molar-refractivity contribution in [3.63, 3.8) is 0 Å². The highest BCUT2D eigenvalue weighted by Gasteiger charge is 1.94. The molecule has 88 valence electrons. The van der Waals surface area contributed by atoms with Gasteiger partial charge in [-0.25, -0.2) is 4.99 Å². The summed E-state index contributed by atoms with van der Waals surface area (Å²) in [4.78, 5) is 4.11. The van der Waals surface area contributed by atoms with Gasteiger partial charge in [0.05, 0.1) is 19.3 Å². The number of nitrogens with one attached hydrogen (secondary N) is 1. The van der Waals surface area contributed by atoms with Gasteiger partial charge >= 0.3 is 0 Å². The van der Waals surface area contributed by atoms with Crippen molar-refractivity contribution >= 4 is 5.96 Å². The SMILES string of the molecule is C=C(C)CN=C(N)NCCn1cc(C)cn1. The Hall–Kier alpha value is -1.78. The minimum atomic E-state index is 0.451. The molecule has 0 atom stereocenters. The molecule has 1 rings (SSSR count). The van der Waals surface area contributed by atoms with Crippen LogP contribution in [0.2, 0.25) is 0 Å². The Morgan fingerprint density at radius 2 is 2.44 bits per heavy atom. The lowest BCUT2D eigenvalue weighted by Crippen LogP contribution is -2.34. The molecule has 1 aromatic rings. The average Bonchev–Trinajstić information content (AvgIpc) is 2.61. The summed E-state index contributed by atoms with van der Waals surface area (Å²) in [5.41, 5.74) is 7.81. The van der Waals surface area contributed by atoms with Crippen molar-refractivity contribution in [2.45, 2.75) is 20.4 Å². The lowest BCUT2D eigenvalue weighted by Gasteiger charge is -2.05. The Morgan fingerprint density at radius 1 is 1.69 bits per heavy atom. The van der Waals surface area contributed by atoms with Gasteiger partial charge in [-0.3, -0.25) is 4.68 Å². The molecular weight excluding hydrogens is 202 g/mol. The van der Waals surface area contributed by atoms with Gasteiger partial charge < -0.3 is 11.1 Å². The maximum absolute atomic E-state index is 5.66. The van der Waals surface area contributed by atoms with Crippen LogP contribution in [-0.4, -0.2) is 28.8 Å². The Morgan fingerprint density at radius 3 is 3.00 bits per heavy atom. The van der Waals surface area contributed by atoms with E-state index in [9.17, 15) is 0 Å². The number of guanidine groups is 1. The molecule has 0 radical (unpaired) electrons. The van der Waals surface area contributed by atoms with E-state index >= 15 is 0 Å². The van der Waals surface area contributed by atoms with Crippen molar-refractivity contribution in [2.75, 3.05) is 13.1 Å². The number of rotatable bonds is 5. The number of nitrogens with zero attached hydrogens (tertiary/aromatic N) is 3. The molecule has 16 heavy (non-hydrogen) atoms. The van der Waals surface area contributed by atoms with Gasteiger partial charge in [-0.05, 0) is 19.4 Å². The standard InChI is InChI=1S/C11H19N5/c1-9(2)6-14-11(12)13-4-5-16-8-10(3)7-15-16/h7-8H,1,4-6H2,2-3H3,(H3,12,13,14). The predicted octanol–water partition coefficient (Wildman–Crippen LogP) is 0.672. The number of aromatic nitrogens is 2. The molecule has 0 amide bonds. The molecule has 0 aliphatic carbocycles. The molecule has 0 spiro atoms. The summed E-state index contributed by atoms with van der Waals surface area (Å²) in [6, 6.07) is 0. The summed E-state index contributed by atoms with van der Waals surface area (Å²) in [5.74, 6) is 0.451. The zero-order valence-electron chi connectivity index (χ0n) is 9.90. The van der Waals surface area contributed by atoms with E-state index in [0.717, 1.165) is 17.7 Å². The average molecular weight is 221 g/mol. The number of aryl methyl sites for hydroxylation is 1. The van der Waals surface area contributed by atoms with E-state index in [1.165, 1.54) is 0 Å². The molecule has 5 nitrogen and oxygen atoms in total. The molecule has 0 aromatic carbocycles. The van der Waals surface area contributed by atoms with Crippen molar-refractivity contribution in [1.29, 1.82) is 0 Å². The summed E-state index contributed by atoms with van der Waals surface area (Å²) in [5, 5.41) is 7.19. The fourth-order valence-corrected chi connectivity index (χ4v) is 1.16. The quantitative estimate of drug-likeness (QED) is 0.436. The van der Waals surface area contributed by atoms with Crippen LogP contribution in [0, 0.1) is 6.92 Å². The van der Waals surface area contributed by atoms with Crippen LogP contribution < -0.4 is 11.1 Å². The summed E-state index contributed by atoms with van der Waals surface area (Å²) < 4.78 is 1.87. The molecule has 1 aromatic heterocycles. The first-order chi connectivity index (χ1) is 7.58. The first-order valence-electron chi connectivity index (χ1n) is 5.25. The van der Waals surface area contributed by atoms with Crippen LogP contribution in [0.25, 0.3) is 0 Å². The van der Waals surface area contributed by atoms with Gasteiger partial charge in [0.25, 0.3) is 0 Å². The Bertz CT molecular complexity index is 377. The van der Waals surface area contributed by atoms with Gasteiger partial charge in [0.2, 0.25) is 0 Å². The zero-order chi connectivity index (χ0) is 12.0. The molecule has 0 unspecified atom stereocenters. The minimum absolute atomic E-state index is 0.451. The van der Waals surface area contributed by atoms with Crippen molar-refractivity contribution < 1.29 is 0 Å². The molecule has 1 heterocycles. The van der Waals surface area contributed by atoms with Crippen LogP contribution in [0.15, 0.2) is 29.5 Å². The van der Waals surface area contributed by atoms with E-state index in [1.54, 1.807) is 0 Å².